The number of allylic oxidation sites excluding steroid dienone is 2. The van der Waals surface area contributed by atoms with E-state index in [-0.39, 0.29) is 0 Å². The van der Waals surface area contributed by atoms with E-state index in [1.807, 2.05) is 0 Å². The maximum absolute atomic E-state index is 11.3. The van der Waals surface area contributed by atoms with Crippen LogP contribution in [-0.4, -0.2) is 5.78 Å². The SMILES string of the molecule is CC1=C(CCC(C)C)C(=O)CC1. The zero-order chi connectivity index (χ0) is 9.14. The summed E-state index contributed by atoms with van der Waals surface area (Å²) in [4.78, 5) is 11.3. The molecule has 1 aliphatic rings. The minimum Gasteiger partial charge on any atom is -0.295 e. The van der Waals surface area contributed by atoms with Crippen LogP contribution in [0.5, 0.6) is 0 Å². The average molecular weight is 166 g/mol. The van der Waals surface area contributed by atoms with Gasteiger partial charge in [0.2, 0.25) is 0 Å². The molecule has 1 aliphatic carbocycles. The maximum Gasteiger partial charge on any atom is 0.159 e. The van der Waals surface area contributed by atoms with Crippen molar-refractivity contribution in [1.82, 2.24) is 0 Å². The molecule has 1 rings (SSSR count). The third kappa shape index (κ3) is 2.20. The maximum atomic E-state index is 11.3. The monoisotopic (exact) mass is 166 g/mol. The highest BCUT2D eigenvalue weighted by atomic mass is 16.1. The molecule has 0 fully saturated rings. The summed E-state index contributed by atoms with van der Waals surface area (Å²) in [5.74, 6) is 1.10. The molecule has 0 amide bonds. The van der Waals surface area contributed by atoms with Gasteiger partial charge in [0.1, 0.15) is 0 Å². The van der Waals surface area contributed by atoms with Crippen molar-refractivity contribution >= 4 is 5.78 Å². The first kappa shape index (κ1) is 9.50. The fourth-order valence-corrected chi connectivity index (χ4v) is 1.63. The lowest BCUT2D eigenvalue weighted by molar-refractivity contribution is -0.115. The van der Waals surface area contributed by atoms with Crippen molar-refractivity contribution in [3.05, 3.63) is 11.1 Å². The van der Waals surface area contributed by atoms with Crippen LogP contribution >= 0.6 is 0 Å². The molecule has 1 heteroatoms. The van der Waals surface area contributed by atoms with Crippen LogP contribution in [-0.2, 0) is 4.79 Å². The molecule has 0 aromatic heterocycles. The summed E-state index contributed by atoms with van der Waals surface area (Å²) in [7, 11) is 0. The Kier molecular flexibility index (Phi) is 3.07. The second-order valence-corrected chi connectivity index (χ2v) is 4.11. The first-order valence-electron chi connectivity index (χ1n) is 4.83. The number of hydrogen-bond acceptors (Lipinski definition) is 1. The van der Waals surface area contributed by atoms with Gasteiger partial charge in [-0.2, -0.15) is 0 Å². The highest BCUT2D eigenvalue weighted by Gasteiger charge is 2.19. The third-order valence-corrected chi connectivity index (χ3v) is 2.55. The second-order valence-electron chi connectivity index (χ2n) is 4.11. The van der Waals surface area contributed by atoms with Crippen LogP contribution in [0.3, 0.4) is 0 Å². The summed E-state index contributed by atoms with van der Waals surface area (Å²) in [6, 6.07) is 0. The lowest BCUT2D eigenvalue weighted by atomic mass is 10.0. The molecule has 0 aromatic carbocycles. The lowest BCUT2D eigenvalue weighted by Crippen LogP contribution is -1.98. The van der Waals surface area contributed by atoms with Gasteiger partial charge in [-0.3, -0.25) is 4.79 Å². The Bertz CT molecular complexity index is 211. The van der Waals surface area contributed by atoms with Crippen molar-refractivity contribution in [2.45, 2.75) is 46.5 Å². The predicted molar refractivity (Wildman–Crippen MR) is 51.0 cm³/mol. The standard InChI is InChI=1S/C11H18O/c1-8(2)4-6-10-9(3)5-7-11(10)12/h8H,4-7H2,1-3H3. The van der Waals surface area contributed by atoms with Crippen molar-refractivity contribution in [3.63, 3.8) is 0 Å². The summed E-state index contributed by atoms with van der Waals surface area (Å²) < 4.78 is 0. The van der Waals surface area contributed by atoms with E-state index in [0.29, 0.717) is 11.7 Å². The van der Waals surface area contributed by atoms with E-state index in [9.17, 15) is 4.79 Å². The van der Waals surface area contributed by atoms with Crippen LogP contribution in [0.2, 0.25) is 0 Å². The molecule has 12 heavy (non-hydrogen) atoms. The van der Waals surface area contributed by atoms with Crippen molar-refractivity contribution < 1.29 is 4.79 Å². The van der Waals surface area contributed by atoms with Gasteiger partial charge in [-0.05, 0) is 37.7 Å². The van der Waals surface area contributed by atoms with Gasteiger partial charge in [-0.25, -0.2) is 0 Å². The van der Waals surface area contributed by atoms with Gasteiger partial charge in [-0.15, -0.1) is 0 Å². The van der Waals surface area contributed by atoms with Crippen LogP contribution in [0.4, 0.5) is 0 Å². The quantitative estimate of drug-likeness (QED) is 0.629. The van der Waals surface area contributed by atoms with E-state index in [0.717, 1.165) is 31.3 Å². The molecule has 0 radical (unpaired) electrons. The van der Waals surface area contributed by atoms with Gasteiger partial charge in [0.15, 0.2) is 5.78 Å². The molecule has 0 saturated heterocycles. The van der Waals surface area contributed by atoms with E-state index >= 15 is 0 Å². The van der Waals surface area contributed by atoms with Gasteiger partial charge in [0.25, 0.3) is 0 Å². The number of hydrogen-bond donors (Lipinski definition) is 0. The highest BCUT2D eigenvalue weighted by molar-refractivity contribution is 5.98. The van der Waals surface area contributed by atoms with Crippen LogP contribution in [0.15, 0.2) is 11.1 Å². The number of ketones is 1. The molecular formula is C11H18O. The summed E-state index contributed by atoms with van der Waals surface area (Å²) >= 11 is 0. The van der Waals surface area contributed by atoms with E-state index in [1.54, 1.807) is 0 Å². The van der Waals surface area contributed by atoms with Crippen LogP contribution in [0.1, 0.15) is 46.5 Å². The zero-order valence-electron chi connectivity index (χ0n) is 8.31. The summed E-state index contributed by atoms with van der Waals surface area (Å²) in [5, 5.41) is 0. The van der Waals surface area contributed by atoms with Crippen LogP contribution in [0.25, 0.3) is 0 Å². The predicted octanol–water partition coefficient (Wildman–Crippen LogP) is 3.10. The summed E-state index contributed by atoms with van der Waals surface area (Å²) in [5.41, 5.74) is 2.46. The Labute approximate surface area is 74.9 Å². The first-order valence-corrected chi connectivity index (χ1v) is 4.83. The smallest absolute Gasteiger partial charge is 0.159 e. The van der Waals surface area contributed by atoms with Crippen molar-refractivity contribution in [3.8, 4) is 0 Å². The molecule has 0 heterocycles. The number of carbonyl (C=O) groups is 1. The topological polar surface area (TPSA) is 17.1 Å². The summed E-state index contributed by atoms with van der Waals surface area (Å²) in [6.45, 7) is 6.51. The Morgan fingerprint density at radius 1 is 1.33 bits per heavy atom. The van der Waals surface area contributed by atoms with Gasteiger partial charge in [0, 0.05) is 6.42 Å². The third-order valence-electron chi connectivity index (χ3n) is 2.55. The molecule has 0 N–H and O–H groups in total. The fraction of sp³-hybridized carbons (Fsp3) is 0.727. The molecule has 0 aliphatic heterocycles. The van der Waals surface area contributed by atoms with E-state index < -0.39 is 0 Å². The largest absolute Gasteiger partial charge is 0.295 e. The van der Waals surface area contributed by atoms with Gasteiger partial charge in [0.05, 0.1) is 0 Å². The first-order chi connectivity index (χ1) is 5.61. The molecule has 0 bridgehead atoms. The lowest BCUT2D eigenvalue weighted by Gasteiger charge is -2.05. The van der Waals surface area contributed by atoms with Crippen molar-refractivity contribution in [2.24, 2.45) is 5.92 Å². The normalized spacial score (nSPS) is 18.2. The Morgan fingerprint density at radius 3 is 2.42 bits per heavy atom. The minimum atomic E-state index is 0.396. The molecule has 0 aromatic rings. The average Bonchev–Trinajstić information content (AvgIpc) is 2.28. The van der Waals surface area contributed by atoms with E-state index in [1.165, 1.54) is 5.57 Å². The Balaban J connectivity index is 2.50. The minimum absolute atomic E-state index is 0.396. The Hall–Kier alpha value is -0.590. The molecule has 0 spiro atoms. The summed E-state index contributed by atoms with van der Waals surface area (Å²) in [6.07, 6.45) is 3.92. The fourth-order valence-electron chi connectivity index (χ4n) is 1.63. The molecule has 0 saturated carbocycles. The van der Waals surface area contributed by atoms with Crippen LogP contribution in [0, 0.1) is 5.92 Å². The van der Waals surface area contributed by atoms with E-state index in [4.69, 9.17) is 0 Å². The van der Waals surface area contributed by atoms with Gasteiger partial charge >= 0.3 is 0 Å². The van der Waals surface area contributed by atoms with E-state index in [2.05, 4.69) is 20.8 Å². The molecule has 0 atom stereocenters. The second kappa shape index (κ2) is 3.88. The van der Waals surface area contributed by atoms with Gasteiger partial charge < -0.3 is 0 Å². The van der Waals surface area contributed by atoms with Gasteiger partial charge in [-0.1, -0.05) is 19.4 Å². The molecule has 68 valence electrons. The van der Waals surface area contributed by atoms with Crippen LogP contribution < -0.4 is 0 Å². The Morgan fingerprint density at radius 2 is 2.00 bits per heavy atom. The van der Waals surface area contributed by atoms with Crippen molar-refractivity contribution in [1.29, 1.82) is 0 Å². The molecule has 0 unspecified atom stereocenters. The number of Topliss-reactive ketones (excluding diaryl/α,β-unsaturated/α-hetero) is 1. The number of rotatable bonds is 3. The number of carbonyl (C=O) groups excluding carboxylic acids is 1. The molecule has 1 nitrogen and oxygen atoms in total. The highest BCUT2D eigenvalue weighted by Crippen LogP contribution is 2.26. The zero-order valence-corrected chi connectivity index (χ0v) is 8.31. The molecular weight excluding hydrogens is 148 g/mol. The van der Waals surface area contributed by atoms with Crippen molar-refractivity contribution in [2.75, 3.05) is 0 Å².